The zero-order valence-corrected chi connectivity index (χ0v) is 14.0. The van der Waals surface area contributed by atoms with E-state index in [4.69, 9.17) is 4.74 Å². The van der Waals surface area contributed by atoms with E-state index in [0.29, 0.717) is 19.0 Å². The molecular weight excluding hydrogens is 331 g/mol. The Hall–Kier alpha value is -2.70. The molecule has 25 heavy (non-hydrogen) atoms. The minimum atomic E-state index is -4.32. The summed E-state index contributed by atoms with van der Waals surface area (Å²) in [6, 6.07) is 12.7. The fourth-order valence-corrected chi connectivity index (χ4v) is 2.19. The Bertz CT molecular complexity index is 712. The van der Waals surface area contributed by atoms with Gasteiger partial charge in [0.1, 0.15) is 5.75 Å². The molecule has 0 bridgehead atoms. The summed E-state index contributed by atoms with van der Waals surface area (Å²) in [5, 5.41) is 6.22. The molecule has 2 N–H and O–H groups in total. The summed E-state index contributed by atoms with van der Waals surface area (Å²) >= 11 is 0. The van der Waals surface area contributed by atoms with Crippen LogP contribution in [0.3, 0.4) is 0 Å². The van der Waals surface area contributed by atoms with Crippen LogP contribution >= 0.6 is 0 Å². The van der Waals surface area contributed by atoms with Gasteiger partial charge in [-0.05, 0) is 35.4 Å². The van der Waals surface area contributed by atoms with Crippen molar-refractivity contribution in [1.29, 1.82) is 0 Å². The summed E-state index contributed by atoms with van der Waals surface area (Å²) in [7, 11) is 3.24. The van der Waals surface area contributed by atoms with Crippen molar-refractivity contribution in [3.8, 4) is 5.75 Å². The van der Waals surface area contributed by atoms with Crippen molar-refractivity contribution in [3.63, 3.8) is 0 Å². The van der Waals surface area contributed by atoms with E-state index in [9.17, 15) is 13.2 Å². The van der Waals surface area contributed by atoms with Gasteiger partial charge in [-0.3, -0.25) is 4.99 Å². The number of benzene rings is 2. The first-order valence-electron chi connectivity index (χ1n) is 7.66. The van der Waals surface area contributed by atoms with Crippen molar-refractivity contribution in [2.75, 3.05) is 14.2 Å². The van der Waals surface area contributed by atoms with Crippen LogP contribution in [-0.2, 0) is 19.3 Å². The van der Waals surface area contributed by atoms with E-state index < -0.39 is 11.7 Å². The number of nitrogens with zero attached hydrogens (tertiary/aromatic N) is 1. The lowest BCUT2D eigenvalue weighted by molar-refractivity contribution is -0.137. The molecule has 0 spiro atoms. The van der Waals surface area contributed by atoms with Crippen molar-refractivity contribution < 1.29 is 17.9 Å². The normalized spacial score (nSPS) is 12.0. The number of nitrogens with one attached hydrogen (secondary N) is 2. The van der Waals surface area contributed by atoms with Gasteiger partial charge in [0.25, 0.3) is 0 Å². The molecule has 2 aromatic carbocycles. The van der Waals surface area contributed by atoms with E-state index in [0.717, 1.165) is 29.0 Å². The highest BCUT2D eigenvalue weighted by atomic mass is 19.4. The Morgan fingerprint density at radius 1 is 1.00 bits per heavy atom. The van der Waals surface area contributed by atoms with Gasteiger partial charge in [0.05, 0.1) is 12.7 Å². The topological polar surface area (TPSA) is 45.7 Å². The van der Waals surface area contributed by atoms with Crippen LogP contribution in [0.25, 0.3) is 0 Å². The molecule has 0 aromatic heterocycles. The van der Waals surface area contributed by atoms with Gasteiger partial charge in [-0.15, -0.1) is 0 Å². The lowest BCUT2D eigenvalue weighted by Gasteiger charge is -2.13. The minimum absolute atomic E-state index is 0.371. The first-order valence-corrected chi connectivity index (χ1v) is 7.66. The summed E-state index contributed by atoms with van der Waals surface area (Å²) in [5.74, 6) is 1.33. The molecule has 0 heterocycles. The lowest BCUT2D eigenvalue weighted by Crippen LogP contribution is -2.36. The minimum Gasteiger partial charge on any atom is -0.497 e. The van der Waals surface area contributed by atoms with E-state index in [1.165, 1.54) is 12.1 Å². The van der Waals surface area contributed by atoms with Crippen LogP contribution in [0.2, 0.25) is 0 Å². The number of alkyl halides is 3. The van der Waals surface area contributed by atoms with Crippen LogP contribution < -0.4 is 15.4 Å². The second-order valence-electron chi connectivity index (χ2n) is 5.33. The number of aliphatic imine (C=N–C) groups is 1. The molecule has 0 aliphatic heterocycles. The monoisotopic (exact) mass is 351 g/mol. The fraction of sp³-hybridized carbons (Fsp3) is 0.278. The molecule has 0 unspecified atom stereocenters. The third kappa shape index (κ3) is 5.70. The molecule has 2 aromatic rings. The molecule has 0 saturated heterocycles. The van der Waals surface area contributed by atoms with Gasteiger partial charge < -0.3 is 15.4 Å². The maximum absolute atomic E-state index is 12.6. The Morgan fingerprint density at radius 2 is 1.64 bits per heavy atom. The summed E-state index contributed by atoms with van der Waals surface area (Å²) in [5.41, 5.74) is 1.10. The summed E-state index contributed by atoms with van der Waals surface area (Å²) < 4.78 is 42.8. The molecular formula is C18H20F3N3O. The van der Waals surface area contributed by atoms with Crippen molar-refractivity contribution in [2.45, 2.75) is 19.3 Å². The molecule has 0 aliphatic carbocycles. The number of guanidine groups is 1. The molecule has 4 nitrogen and oxygen atoms in total. The first-order chi connectivity index (χ1) is 11.9. The number of hydrogen-bond acceptors (Lipinski definition) is 2. The number of rotatable bonds is 5. The molecule has 0 saturated carbocycles. The largest absolute Gasteiger partial charge is 0.497 e. The van der Waals surface area contributed by atoms with E-state index in [1.54, 1.807) is 14.2 Å². The second kappa shape index (κ2) is 8.41. The predicted molar refractivity (Wildman–Crippen MR) is 91.5 cm³/mol. The third-order valence-corrected chi connectivity index (χ3v) is 3.56. The predicted octanol–water partition coefficient (Wildman–Crippen LogP) is 3.58. The van der Waals surface area contributed by atoms with Crippen LogP contribution in [0.4, 0.5) is 13.2 Å². The number of hydrogen-bond donors (Lipinski definition) is 2. The van der Waals surface area contributed by atoms with E-state index in [-0.39, 0.29) is 0 Å². The van der Waals surface area contributed by atoms with Gasteiger partial charge >= 0.3 is 6.18 Å². The highest BCUT2D eigenvalue weighted by Crippen LogP contribution is 2.29. The number of halogens is 3. The molecule has 0 amide bonds. The highest BCUT2D eigenvalue weighted by molar-refractivity contribution is 5.79. The molecule has 0 fully saturated rings. The molecule has 0 atom stereocenters. The second-order valence-corrected chi connectivity index (χ2v) is 5.33. The average molecular weight is 351 g/mol. The van der Waals surface area contributed by atoms with E-state index in [1.807, 2.05) is 24.3 Å². The van der Waals surface area contributed by atoms with Crippen molar-refractivity contribution in [1.82, 2.24) is 10.6 Å². The Kier molecular flexibility index (Phi) is 6.27. The summed E-state index contributed by atoms with van der Waals surface area (Å²) in [4.78, 5) is 4.10. The zero-order chi connectivity index (χ0) is 18.3. The maximum Gasteiger partial charge on any atom is 0.416 e. The molecule has 0 aliphatic rings. The Morgan fingerprint density at radius 3 is 2.20 bits per heavy atom. The molecule has 2 rings (SSSR count). The standard InChI is InChI=1S/C18H20F3N3O/c1-22-17(24-12-14-4-3-5-16(10-14)25-2)23-11-13-6-8-15(9-7-13)18(19,20)21/h3-10H,11-12H2,1-2H3,(H2,22,23,24). The smallest absolute Gasteiger partial charge is 0.416 e. The summed E-state index contributed by atoms with van der Waals surface area (Å²) in [6.07, 6.45) is -4.32. The maximum atomic E-state index is 12.6. The summed E-state index contributed by atoms with van der Waals surface area (Å²) in [6.45, 7) is 0.916. The van der Waals surface area contributed by atoms with E-state index in [2.05, 4.69) is 15.6 Å². The lowest BCUT2D eigenvalue weighted by atomic mass is 10.1. The van der Waals surface area contributed by atoms with Gasteiger partial charge in [-0.25, -0.2) is 0 Å². The van der Waals surface area contributed by atoms with Crippen LogP contribution in [-0.4, -0.2) is 20.1 Å². The number of methoxy groups -OCH3 is 1. The van der Waals surface area contributed by atoms with Gasteiger partial charge in [0.2, 0.25) is 0 Å². The van der Waals surface area contributed by atoms with Crippen LogP contribution in [0.5, 0.6) is 5.75 Å². The van der Waals surface area contributed by atoms with Gasteiger partial charge in [0.15, 0.2) is 5.96 Å². The van der Waals surface area contributed by atoms with E-state index >= 15 is 0 Å². The van der Waals surface area contributed by atoms with Gasteiger partial charge in [-0.2, -0.15) is 13.2 Å². The number of ether oxygens (including phenoxy) is 1. The van der Waals surface area contributed by atoms with Crippen LogP contribution in [0.15, 0.2) is 53.5 Å². The molecule has 0 radical (unpaired) electrons. The van der Waals surface area contributed by atoms with Crippen LogP contribution in [0, 0.1) is 0 Å². The molecule has 134 valence electrons. The van der Waals surface area contributed by atoms with Crippen molar-refractivity contribution >= 4 is 5.96 Å². The highest BCUT2D eigenvalue weighted by Gasteiger charge is 2.29. The third-order valence-electron chi connectivity index (χ3n) is 3.56. The zero-order valence-electron chi connectivity index (χ0n) is 14.0. The molecule has 7 heteroatoms. The Balaban J connectivity index is 1.87. The Labute approximate surface area is 144 Å². The van der Waals surface area contributed by atoms with Gasteiger partial charge in [0, 0.05) is 20.1 Å². The quantitative estimate of drug-likeness (QED) is 0.639. The van der Waals surface area contributed by atoms with Crippen molar-refractivity contribution in [2.24, 2.45) is 4.99 Å². The first kappa shape index (κ1) is 18.6. The fourth-order valence-electron chi connectivity index (χ4n) is 2.19. The van der Waals surface area contributed by atoms with Crippen molar-refractivity contribution in [3.05, 3.63) is 65.2 Å². The van der Waals surface area contributed by atoms with Gasteiger partial charge in [-0.1, -0.05) is 24.3 Å². The van der Waals surface area contributed by atoms with Crippen LogP contribution in [0.1, 0.15) is 16.7 Å². The average Bonchev–Trinajstić information content (AvgIpc) is 2.61. The SMILES string of the molecule is CN=C(NCc1ccc(C(F)(F)F)cc1)NCc1cccc(OC)c1.